The highest BCUT2D eigenvalue weighted by Crippen LogP contribution is 2.75. The molecule has 5 aliphatic rings. The molecule has 0 unspecified atom stereocenters. The number of ketones is 1. The van der Waals surface area contributed by atoms with E-state index in [2.05, 4.69) is 69.3 Å². The lowest BCUT2D eigenvalue weighted by Crippen LogP contribution is -2.66. The number of hydrogen-bond donors (Lipinski definition) is 1. The summed E-state index contributed by atoms with van der Waals surface area (Å²) in [5.74, 6) is 0.890. The van der Waals surface area contributed by atoms with Crippen LogP contribution in [0.15, 0.2) is 35.6 Å². The van der Waals surface area contributed by atoms with Crippen LogP contribution < -0.4 is 0 Å². The molecule has 1 N–H and O–H groups in total. The van der Waals surface area contributed by atoms with Gasteiger partial charge in [-0.05, 0) is 90.9 Å². The summed E-state index contributed by atoms with van der Waals surface area (Å²) in [5.41, 5.74) is 0.674. The molecule has 6 nitrogen and oxygen atoms in total. The largest absolute Gasteiger partial charge is 0.511 e. The Morgan fingerprint density at radius 2 is 1.66 bits per heavy atom. The molecule has 1 aromatic rings. The number of allylic oxidation sites excluding steroid dienone is 4. The maximum absolute atomic E-state index is 14.6. The van der Waals surface area contributed by atoms with Gasteiger partial charge in [-0.1, -0.05) is 54.0 Å². The zero-order valence-corrected chi connectivity index (χ0v) is 24.3. The molecule has 3 fully saturated rings. The lowest BCUT2D eigenvalue weighted by Gasteiger charge is -2.69. The van der Waals surface area contributed by atoms with Gasteiger partial charge in [0, 0.05) is 11.3 Å². The van der Waals surface area contributed by atoms with E-state index >= 15 is 0 Å². The normalized spacial score (nSPS) is 45.2. The number of nitriles is 1. The predicted octanol–water partition coefficient (Wildman–Crippen LogP) is 6.91. The molecule has 38 heavy (non-hydrogen) atoms. The first-order valence-electron chi connectivity index (χ1n) is 14.6. The Balaban J connectivity index is 1.52. The molecule has 1 aromatic heterocycles. The Labute approximate surface area is 227 Å². The molecule has 6 heteroatoms. The van der Waals surface area contributed by atoms with Crippen molar-refractivity contribution in [2.24, 2.45) is 44.8 Å². The Kier molecular flexibility index (Phi) is 5.17. The molecule has 0 aromatic carbocycles. The average Bonchev–Trinajstić information content (AvgIpc) is 3.38. The summed E-state index contributed by atoms with van der Waals surface area (Å²) in [6, 6.07) is 2.32. The number of nitrogens with zero attached hydrogens (tertiary/aromatic N) is 4. The number of aliphatic hydroxyl groups is 1. The van der Waals surface area contributed by atoms with Crippen LogP contribution in [-0.4, -0.2) is 25.7 Å². The molecule has 3 saturated carbocycles. The van der Waals surface area contributed by atoms with Gasteiger partial charge >= 0.3 is 0 Å². The summed E-state index contributed by atoms with van der Waals surface area (Å²) in [7, 11) is 0. The second-order valence-electron chi connectivity index (χ2n) is 15.5. The van der Waals surface area contributed by atoms with E-state index in [0.29, 0.717) is 12.0 Å². The van der Waals surface area contributed by atoms with E-state index < -0.39 is 5.41 Å². The van der Waals surface area contributed by atoms with Crippen molar-refractivity contribution >= 4 is 5.78 Å². The summed E-state index contributed by atoms with van der Waals surface area (Å²) >= 11 is 0. The summed E-state index contributed by atoms with van der Waals surface area (Å²) in [6.45, 7) is 16.0. The van der Waals surface area contributed by atoms with Crippen LogP contribution in [0, 0.1) is 56.2 Å². The summed E-state index contributed by atoms with van der Waals surface area (Å²) in [4.78, 5) is 14.6. The van der Waals surface area contributed by atoms with E-state index in [1.165, 1.54) is 5.57 Å². The lowest BCUT2D eigenvalue weighted by atomic mass is 9.34. The third-order valence-electron chi connectivity index (χ3n) is 13.0. The van der Waals surface area contributed by atoms with Crippen molar-refractivity contribution in [1.29, 1.82) is 5.26 Å². The first-order chi connectivity index (χ1) is 17.7. The van der Waals surface area contributed by atoms with Gasteiger partial charge in [-0.2, -0.15) is 5.26 Å². The quantitative estimate of drug-likeness (QED) is 0.438. The Bertz CT molecular complexity index is 1300. The molecule has 0 radical (unpaired) electrons. The minimum atomic E-state index is -0.495. The van der Waals surface area contributed by atoms with Crippen LogP contribution >= 0.6 is 0 Å². The number of carbonyl (C=O) groups excluding carboxylic acids is 1. The number of fused-ring (bicyclic) bond motifs is 7. The van der Waals surface area contributed by atoms with E-state index in [1.54, 1.807) is 0 Å². The van der Waals surface area contributed by atoms with Crippen molar-refractivity contribution in [3.8, 4) is 6.07 Å². The van der Waals surface area contributed by atoms with Crippen LogP contribution in [0.4, 0.5) is 0 Å². The van der Waals surface area contributed by atoms with Gasteiger partial charge in [0.2, 0.25) is 0 Å². The second-order valence-corrected chi connectivity index (χ2v) is 15.5. The fourth-order valence-electron chi connectivity index (χ4n) is 10.8. The Hall–Kier alpha value is -2.42. The zero-order chi connectivity index (χ0) is 27.5. The molecule has 7 atom stereocenters. The van der Waals surface area contributed by atoms with Gasteiger partial charge in [0.05, 0.1) is 17.2 Å². The molecule has 0 amide bonds. The number of aliphatic hydroxyl groups excluding tert-OH is 1. The Morgan fingerprint density at radius 3 is 2.32 bits per heavy atom. The van der Waals surface area contributed by atoms with Crippen molar-refractivity contribution in [2.75, 3.05) is 0 Å². The van der Waals surface area contributed by atoms with Gasteiger partial charge in [0.25, 0.3) is 0 Å². The molecule has 0 bridgehead atoms. The fraction of sp³-hybridized carbons (Fsp3) is 0.750. The minimum Gasteiger partial charge on any atom is -0.511 e. The highest BCUT2D eigenvalue weighted by Gasteiger charge is 2.70. The monoisotopic (exact) mass is 516 g/mol. The van der Waals surface area contributed by atoms with Crippen molar-refractivity contribution in [3.63, 3.8) is 0 Å². The molecule has 1 heterocycles. The number of rotatable bonds is 1. The highest BCUT2D eigenvalue weighted by molar-refractivity contribution is 5.95. The van der Waals surface area contributed by atoms with Crippen LogP contribution in [-0.2, 0) is 10.3 Å². The lowest BCUT2D eigenvalue weighted by molar-refractivity contribution is -0.169. The Morgan fingerprint density at radius 1 is 1.00 bits per heavy atom. The van der Waals surface area contributed by atoms with Gasteiger partial charge < -0.3 is 9.67 Å². The SMILES string of the molecule is CC1(C)CC[C@]2(n3cnnc3)CC[C@]3(C)[C@H](C(=O)C=C4[C@@]5(C)CC(C#N)=C(O)C(C)(C)[C@@H]5CC[C@]43C)[C@@H]2C1. The predicted molar refractivity (Wildman–Crippen MR) is 146 cm³/mol. The van der Waals surface area contributed by atoms with Gasteiger partial charge in [0.1, 0.15) is 18.4 Å². The van der Waals surface area contributed by atoms with Crippen LogP contribution in [0.1, 0.15) is 99.8 Å². The van der Waals surface area contributed by atoms with E-state index in [9.17, 15) is 15.2 Å². The average molecular weight is 517 g/mol. The highest BCUT2D eigenvalue weighted by atomic mass is 16.3. The van der Waals surface area contributed by atoms with Crippen molar-refractivity contribution in [3.05, 3.63) is 35.6 Å². The molecule has 6 rings (SSSR count). The zero-order valence-electron chi connectivity index (χ0n) is 24.3. The van der Waals surface area contributed by atoms with Crippen LogP contribution in [0.5, 0.6) is 0 Å². The van der Waals surface area contributed by atoms with E-state index in [1.807, 2.05) is 18.7 Å². The summed E-state index contributed by atoms with van der Waals surface area (Å²) < 4.78 is 2.25. The number of hydrogen-bond acceptors (Lipinski definition) is 5. The first-order valence-corrected chi connectivity index (χ1v) is 14.6. The molecular formula is C32H44N4O2. The van der Waals surface area contributed by atoms with E-state index in [-0.39, 0.29) is 56.5 Å². The minimum absolute atomic E-state index is 0.0527. The molecule has 0 aliphatic heterocycles. The van der Waals surface area contributed by atoms with Gasteiger partial charge in [-0.25, -0.2) is 0 Å². The van der Waals surface area contributed by atoms with Crippen molar-refractivity contribution in [2.45, 2.75) is 105 Å². The van der Waals surface area contributed by atoms with Crippen LogP contribution in [0.25, 0.3) is 0 Å². The number of carbonyl (C=O) groups is 1. The topological polar surface area (TPSA) is 91.8 Å². The van der Waals surface area contributed by atoms with E-state index in [0.717, 1.165) is 44.9 Å². The molecule has 0 spiro atoms. The van der Waals surface area contributed by atoms with Gasteiger partial charge in [-0.15, -0.1) is 10.2 Å². The van der Waals surface area contributed by atoms with Crippen molar-refractivity contribution < 1.29 is 9.90 Å². The summed E-state index contributed by atoms with van der Waals surface area (Å²) in [5, 5.41) is 29.4. The second kappa shape index (κ2) is 7.61. The van der Waals surface area contributed by atoms with Gasteiger partial charge in [-0.3, -0.25) is 4.79 Å². The standard InChI is InChI=1S/C32H44N4O2/c1-27(2)10-12-32(36-18-34-35-19-36)13-11-31(7)25(21(32)16-27)22(37)14-24-29(5)15-20(17-33)26(38)28(3,4)23(29)8-9-30(24,31)6/h14,18-19,21,23,25,38H,8-13,15-16H2,1-7H3/t21-,23-,25-,29-,30+,31+,32-/m0/s1. The smallest absolute Gasteiger partial charge is 0.159 e. The van der Waals surface area contributed by atoms with E-state index in [4.69, 9.17) is 0 Å². The van der Waals surface area contributed by atoms with Crippen molar-refractivity contribution in [1.82, 2.24) is 14.8 Å². The molecule has 5 aliphatic carbocycles. The van der Waals surface area contributed by atoms with Crippen LogP contribution in [0.3, 0.4) is 0 Å². The fourth-order valence-corrected chi connectivity index (χ4v) is 10.8. The molecule has 204 valence electrons. The first kappa shape index (κ1) is 25.8. The maximum Gasteiger partial charge on any atom is 0.159 e. The number of aromatic nitrogens is 3. The maximum atomic E-state index is 14.6. The molecule has 0 saturated heterocycles. The van der Waals surface area contributed by atoms with Crippen LogP contribution in [0.2, 0.25) is 0 Å². The third-order valence-corrected chi connectivity index (χ3v) is 13.0. The van der Waals surface area contributed by atoms with Gasteiger partial charge in [0.15, 0.2) is 5.78 Å². The molecular weight excluding hydrogens is 472 g/mol. The summed E-state index contributed by atoms with van der Waals surface area (Å²) in [6.07, 6.45) is 13.5. The third kappa shape index (κ3) is 2.97.